The molecule has 0 bridgehead atoms. The molecule has 0 saturated carbocycles. The molecule has 2 rings (SSSR count). The number of carbonyl (C=O) groups is 2. The highest BCUT2D eigenvalue weighted by Gasteiger charge is 2.38. The summed E-state index contributed by atoms with van der Waals surface area (Å²) in [5.41, 5.74) is 0.779. The van der Waals surface area contributed by atoms with Crippen LogP contribution in [-0.2, 0) is 16.0 Å². The maximum absolute atomic E-state index is 10.6. The second-order valence-electron chi connectivity index (χ2n) is 7.31. The van der Waals surface area contributed by atoms with Gasteiger partial charge in [-0.05, 0) is 25.2 Å². The first-order valence-corrected chi connectivity index (χ1v) is 9.67. The molecule has 0 radical (unpaired) electrons. The third-order valence-electron chi connectivity index (χ3n) is 4.68. The SMILES string of the molecule is CCCC(C)CN1CCC(n2cc(CCC(=O)O)nn2)CC1.O=C(O)C(F)(F)F. The average molecular weight is 422 g/mol. The van der Waals surface area contributed by atoms with Gasteiger partial charge in [-0.25, -0.2) is 9.48 Å². The molecular weight excluding hydrogens is 393 g/mol. The number of carboxylic acids is 2. The van der Waals surface area contributed by atoms with Gasteiger partial charge in [-0.2, -0.15) is 13.2 Å². The van der Waals surface area contributed by atoms with Crippen LogP contribution in [0.4, 0.5) is 13.2 Å². The van der Waals surface area contributed by atoms with E-state index in [0.717, 1.165) is 37.5 Å². The number of nitrogens with zero attached hydrogens (tertiary/aromatic N) is 4. The first-order chi connectivity index (χ1) is 13.5. The maximum Gasteiger partial charge on any atom is 0.490 e. The van der Waals surface area contributed by atoms with Gasteiger partial charge in [-0.15, -0.1) is 5.10 Å². The van der Waals surface area contributed by atoms with Crippen LogP contribution in [0, 0.1) is 5.92 Å². The van der Waals surface area contributed by atoms with Crippen molar-refractivity contribution in [3.05, 3.63) is 11.9 Å². The van der Waals surface area contributed by atoms with E-state index >= 15 is 0 Å². The van der Waals surface area contributed by atoms with Gasteiger partial charge in [0, 0.05) is 32.3 Å². The number of aromatic nitrogens is 3. The van der Waals surface area contributed by atoms with Gasteiger partial charge < -0.3 is 15.1 Å². The summed E-state index contributed by atoms with van der Waals surface area (Å²) in [6.45, 7) is 8.00. The molecule has 0 spiro atoms. The zero-order valence-corrected chi connectivity index (χ0v) is 16.7. The van der Waals surface area contributed by atoms with Crippen molar-refractivity contribution in [1.29, 1.82) is 0 Å². The molecule has 1 aromatic heterocycles. The second kappa shape index (κ2) is 11.7. The number of hydrogen-bond donors (Lipinski definition) is 2. The molecule has 0 aliphatic carbocycles. The van der Waals surface area contributed by atoms with Gasteiger partial charge in [0.15, 0.2) is 0 Å². The summed E-state index contributed by atoms with van der Waals surface area (Å²) in [6.07, 6.45) is 2.17. The van der Waals surface area contributed by atoms with Gasteiger partial charge in [0.2, 0.25) is 0 Å². The van der Waals surface area contributed by atoms with E-state index in [1.165, 1.54) is 19.4 Å². The molecule has 2 N–H and O–H groups in total. The summed E-state index contributed by atoms with van der Waals surface area (Å²) in [6, 6.07) is 0.406. The van der Waals surface area contributed by atoms with Gasteiger partial charge in [-0.1, -0.05) is 25.5 Å². The Morgan fingerprint density at radius 3 is 2.34 bits per heavy atom. The minimum absolute atomic E-state index is 0.118. The van der Waals surface area contributed by atoms with E-state index in [4.69, 9.17) is 15.0 Å². The number of rotatable bonds is 8. The Labute approximate surface area is 167 Å². The normalized spacial score (nSPS) is 16.7. The molecule has 1 atom stereocenters. The van der Waals surface area contributed by atoms with Gasteiger partial charge in [0.25, 0.3) is 0 Å². The Bertz CT molecular complexity index is 643. The highest BCUT2D eigenvalue weighted by Crippen LogP contribution is 2.23. The summed E-state index contributed by atoms with van der Waals surface area (Å²) in [7, 11) is 0. The smallest absolute Gasteiger partial charge is 0.481 e. The molecule has 166 valence electrons. The fourth-order valence-electron chi connectivity index (χ4n) is 3.23. The van der Waals surface area contributed by atoms with Crippen LogP contribution < -0.4 is 0 Å². The number of aliphatic carboxylic acids is 2. The molecule has 1 unspecified atom stereocenters. The zero-order valence-electron chi connectivity index (χ0n) is 16.7. The highest BCUT2D eigenvalue weighted by atomic mass is 19.4. The van der Waals surface area contributed by atoms with Crippen molar-refractivity contribution in [3.63, 3.8) is 0 Å². The Morgan fingerprint density at radius 2 is 1.86 bits per heavy atom. The van der Waals surface area contributed by atoms with Crippen LogP contribution >= 0.6 is 0 Å². The average Bonchev–Trinajstić information content (AvgIpc) is 3.09. The van der Waals surface area contributed by atoms with Crippen LogP contribution in [0.3, 0.4) is 0 Å². The molecule has 11 heteroatoms. The van der Waals surface area contributed by atoms with Crippen molar-refractivity contribution in [1.82, 2.24) is 19.9 Å². The van der Waals surface area contributed by atoms with E-state index in [2.05, 4.69) is 29.1 Å². The molecular formula is C18H29F3N4O4. The molecule has 0 amide bonds. The Morgan fingerprint density at radius 1 is 1.28 bits per heavy atom. The maximum atomic E-state index is 10.6. The van der Waals surface area contributed by atoms with Gasteiger partial charge >= 0.3 is 18.1 Å². The minimum atomic E-state index is -5.08. The van der Waals surface area contributed by atoms with Crippen LogP contribution in [0.2, 0.25) is 0 Å². The number of hydrogen-bond acceptors (Lipinski definition) is 5. The van der Waals surface area contributed by atoms with E-state index in [0.29, 0.717) is 12.5 Å². The van der Waals surface area contributed by atoms with Crippen LogP contribution in [-0.4, -0.2) is 67.9 Å². The predicted octanol–water partition coefficient (Wildman–Crippen LogP) is 3.00. The number of halogens is 3. The molecule has 1 aromatic rings. The molecule has 1 fully saturated rings. The third kappa shape index (κ3) is 9.73. The van der Waals surface area contributed by atoms with Crippen LogP contribution in [0.25, 0.3) is 0 Å². The number of likely N-dealkylation sites (tertiary alicyclic amines) is 1. The number of carboxylic acid groups (broad SMARTS) is 2. The first-order valence-electron chi connectivity index (χ1n) is 9.67. The topological polar surface area (TPSA) is 109 Å². The van der Waals surface area contributed by atoms with Crippen molar-refractivity contribution >= 4 is 11.9 Å². The van der Waals surface area contributed by atoms with Crippen LogP contribution in [0.5, 0.6) is 0 Å². The predicted molar refractivity (Wildman–Crippen MR) is 98.5 cm³/mol. The van der Waals surface area contributed by atoms with Crippen molar-refractivity contribution < 1.29 is 33.0 Å². The fourth-order valence-corrected chi connectivity index (χ4v) is 3.23. The fraction of sp³-hybridized carbons (Fsp3) is 0.778. The van der Waals surface area contributed by atoms with E-state index in [-0.39, 0.29) is 6.42 Å². The highest BCUT2D eigenvalue weighted by molar-refractivity contribution is 5.73. The Hall–Kier alpha value is -2.17. The summed E-state index contributed by atoms with van der Waals surface area (Å²) in [4.78, 5) is 22.0. The lowest BCUT2D eigenvalue weighted by Gasteiger charge is -2.33. The third-order valence-corrected chi connectivity index (χ3v) is 4.68. The number of aryl methyl sites for hydroxylation is 1. The van der Waals surface area contributed by atoms with Gasteiger partial charge in [0.05, 0.1) is 18.2 Å². The van der Waals surface area contributed by atoms with Crippen molar-refractivity contribution in [3.8, 4) is 0 Å². The summed E-state index contributed by atoms with van der Waals surface area (Å²) in [5.74, 6) is -2.77. The van der Waals surface area contributed by atoms with Gasteiger partial charge in [-0.3, -0.25) is 4.79 Å². The summed E-state index contributed by atoms with van der Waals surface area (Å²) < 4.78 is 33.7. The lowest BCUT2D eigenvalue weighted by Crippen LogP contribution is -2.37. The van der Waals surface area contributed by atoms with E-state index in [1.54, 1.807) is 0 Å². The lowest BCUT2D eigenvalue weighted by molar-refractivity contribution is -0.192. The second-order valence-corrected chi connectivity index (χ2v) is 7.31. The number of alkyl halides is 3. The molecule has 2 heterocycles. The molecule has 1 aliphatic rings. The molecule has 1 saturated heterocycles. The molecule has 8 nitrogen and oxygen atoms in total. The Balaban J connectivity index is 0.000000516. The van der Waals surface area contributed by atoms with Gasteiger partial charge in [0.1, 0.15) is 0 Å². The zero-order chi connectivity index (χ0) is 22.0. The van der Waals surface area contributed by atoms with Crippen LogP contribution in [0.15, 0.2) is 6.20 Å². The molecule has 1 aliphatic heterocycles. The minimum Gasteiger partial charge on any atom is -0.481 e. The molecule has 29 heavy (non-hydrogen) atoms. The van der Waals surface area contributed by atoms with Crippen molar-refractivity contribution in [2.75, 3.05) is 19.6 Å². The van der Waals surface area contributed by atoms with E-state index in [1.807, 2.05) is 10.9 Å². The standard InChI is InChI=1S/C16H28N4O2.C2HF3O2/c1-3-4-13(2)11-19-9-7-15(8-10-19)20-12-14(17-18-20)5-6-16(21)22;3-2(4,5)1(6)7/h12-13,15H,3-11H2,1-2H3,(H,21,22);(H,6,7). The first kappa shape index (κ1) is 24.9. The molecule has 0 aromatic carbocycles. The van der Waals surface area contributed by atoms with E-state index < -0.39 is 18.1 Å². The number of piperidine rings is 1. The summed E-state index contributed by atoms with van der Waals surface area (Å²) in [5, 5.41) is 24.1. The quantitative estimate of drug-likeness (QED) is 0.663. The van der Waals surface area contributed by atoms with E-state index in [9.17, 15) is 18.0 Å². The van der Waals surface area contributed by atoms with Crippen molar-refractivity contribution in [2.45, 2.75) is 64.6 Å². The Kier molecular flexibility index (Phi) is 10.1. The summed E-state index contributed by atoms with van der Waals surface area (Å²) >= 11 is 0. The monoisotopic (exact) mass is 422 g/mol. The lowest BCUT2D eigenvalue weighted by atomic mass is 10.0. The van der Waals surface area contributed by atoms with Crippen LogP contribution in [0.1, 0.15) is 57.7 Å². The largest absolute Gasteiger partial charge is 0.490 e. The van der Waals surface area contributed by atoms with Crippen molar-refractivity contribution in [2.24, 2.45) is 5.92 Å².